The number of carboxylic acid groups (broad SMARTS) is 1. The molecule has 0 aromatic carbocycles. The zero-order chi connectivity index (χ0) is 16.6. The van der Waals surface area contributed by atoms with Crippen molar-refractivity contribution in [1.29, 1.82) is 0 Å². The van der Waals surface area contributed by atoms with Gasteiger partial charge < -0.3 is 25.4 Å². The van der Waals surface area contributed by atoms with Gasteiger partial charge >= 0.3 is 18.0 Å². The molecule has 3 saturated heterocycles. The fourth-order valence-electron chi connectivity index (χ4n) is 3.26. The maximum Gasteiger partial charge on any atom is 0.324 e. The molecule has 0 bridgehead atoms. The van der Waals surface area contributed by atoms with E-state index in [4.69, 9.17) is 4.74 Å². The molecule has 0 radical (unpaired) electrons. The third-order valence-corrected chi connectivity index (χ3v) is 4.64. The summed E-state index contributed by atoms with van der Waals surface area (Å²) < 4.78 is 5.25. The number of carbonyl (C=O) groups is 4. The van der Waals surface area contributed by atoms with Gasteiger partial charge in [0.05, 0.1) is 19.8 Å². The lowest BCUT2D eigenvalue weighted by atomic mass is 9.81. The molecule has 5 amide bonds. The minimum Gasteiger partial charge on any atom is -0.481 e. The number of likely N-dealkylation sites (tertiary alicyclic amines) is 1. The first kappa shape index (κ1) is 15.5. The molecule has 3 heterocycles. The van der Waals surface area contributed by atoms with Crippen LogP contribution < -0.4 is 10.6 Å². The fraction of sp³-hybridized carbons (Fsp3) is 0.692. The van der Waals surface area contributed by atoms with Gasteiger partial charge in [0.15, 0.2) is 0 Å². The molecular weight excluding hydrogens is 308 g/mol. The summed E-state index contributed by atoms with van der Waals surface area (Å²) in [6, 6.07) is -0.867. The Bertz CT molecular complexity index is 551. The molecule has 0 aliphatic carbocycles. The third-order valence-electron chi connectivity index (χ3n) is 4.64. The SMILES string of the molecule is O=C(NCCN1C(=O)CNC1=O)N1C[C@@H]2COC[C@]2(C(=O)O)C1. The molecule has 0 spiro atoms. The highest BCUT2D eigenvalue weighted by Crippen LogP contribution is 2.41. The van der Waals surface area contributed by atoms with E-state index < -0.39 is 23.4 Å². The van der Waals surface area contributed by atoms with E-state index in [9.17, 15) is 24.3 Å². The highest BCUT2D eigenvalue weighted by molar-refractivity contribution is 6.01. The Kier molecular flexibility index (Phi) is 3.84. The maximum atomic E-state index is 12.2. The van der Waals surface area contributed by atoms with Crippen molar-refractivity contribution >= 4 is 23.9 Å². The van der Waals surface area contributed by atoms with Crippen LogP contribution >= 0.6 is 0 Å². The van der Waals surface area contributed by atoms with Crippen molar-refractivity contribution in [3.63, 3.8) is 0 Å². The van der Waals surface area contributed by atoms with Crippen molar-refractivity contribution in [3.8, 4) is 0 Å². The number of hydrogen-bond acceptors (Lipinski definition) is 5. The van der Waals surface area contributed by atoms with Crippen LogP contribution in [0.4, 0.5) is 9.59 Å². The lowest BCUT2D eigenvalue weighted by Crippen LogP contribution is -2.45. The number of imide groups is 1. The molecule has 126 valence electrons. The number of urea groups is 2. The number of amides is 5. The second-order valence-corrected chi connectivity index (χ2v) is 5.99. The smallest absolute Gasteiger partial charge is 0.324 e. The molecule has 3 aliphatic rings. The van der Waals surface area contributed by atoms with E-state index in [1.807, 2.05) is 0 Å². The molecule has 0 saturated carbocycles. The highest BCUT2D eigenvalue weighted by Gasteiger charge is 2.57. The Morgan fingerprint density at radius 3 is 2.83 bits per heavy atom. The van der Waals surface area contributed by atoms with Gasteiger partial charge in [0.25, 0.3) is 0 Å². The number of carbonyl (C=O) groups excluding carboxylic acids is 3. The van der Waals surface area contributed by atoms with Crippen molar-refractivity contribution in [1.82, 2.24) is 20.4 Å². The first-order valence-corrected chi connectivity index (χ1v) is 7.36. The summed E-state index contributed by atoms with van der Waals surface area (Å²) in [7, 11) is 0. The summed E-state index contributed by atoms with van der Waals surface area (Å²) >= 11 is 0. The number of nitrogens with one attached hydrogen (secondary N) is 2. The van der Waals surface area contributed by atoms with Crippen LogP contribution in [-0.4, -0.2) is 84.8 Å². The molecule has 3 fully saturated rings. The standard InChI is InChI=1S/C13H18N4O6/c18-9-3-15-12(22)17(9)2-1-14-11(21)16-4-8-5-23-7-13(8,6-16)10(19)20/h8H,1-7H2,(H,14,21)(H,15,22)(H,19,20)/t8-,13-/m1/s1. The van der Waals surface area contributed by atoms with Crippen molar-refractivity contribution in [2.24, 2.45) is 11.3 Å². The van der Waals surface area contributed by atoms with Crippen LogP contribution in [0.15, 0.2) is 0 Å². The highest BCUT2D eigenvalue weighted by atomic mass is 16.5. The topological polar surface area (TPSA) is 128 Å². The molecule has 0 aromatic heterocycles. The molecule has 3 rings (SSSR count). The lowest BCUT2D eigenvalue weighted by Gasteiger charge is -2.22. The van der Waals surface area contributed by atoms with Crippen LogP contribution in [0.5, 0.6) is 0 Å². The predicted molar refractivity (Wildman–Crippen MR) is 74.5 cm³/mol. The summed E-state index contributed by atoms with van der Waals surface area (Å²) in [6.07, 6.45) is 0. The Labute approximate surface area is 131 Å². The van der Waals surface area contributed by atoms with Gasteiger partial charge in [-0.15, -0.1) is 0 Å². The van der Waals surface area contributed by atoms with Crippen molar-refractivity contribution in [2.45, 2.75) is 0 Å². The summed E-state index contributed by atoms with van der Waals surface area (Å²) in [4.78, 5) is 48.9. The number of nitrogens with zero attached hydrogens (tertiary/aromatic N) is 2. The van der Waals surface area contributed by atoms with E-state index >= 15 is 0 Å². The molecule has 10 nitrogen and oxygen atoms in total. The number of carboxylic acids is 1. The summed E-state index contributed by atoms with van der Waals surface area (Å²) in [5.74, 6) is -1.49. The number of fused-ring (bicyclic) bond motifs is 1. The van der Waals surface area contributed by atoms with E-state index in [-0.39, 0.29) is 44.6 Å². The predicted octanol–water partition coefficient (Wildman–Crippen LogP) is -1.72. The maximum absolute atomic E-state index is 12.2. The number of rotatable bonds is 4. The number of hydrogen-bond donors (Lipinski definition) is 3. The summed E-state index contributed by atoms with van der Waals surface area (Å²) in [5, 5.41) is 14.4. The molecule has 3 aliphatic heterocycles. The zero-order valence-electron chi connectivity index (χ0n) is 12.4. The molecule has 0 unspecified atom stereocenters. The monoisotopic (exact) mass is 326 g/mol. The Morgan fingerprint density at radius 1 is 1.43 bits per heavy atom. The number of ether oxygens (including phenoxy) is 1. The van der Waals surface area contributed by atoms with Crippen LogP contribution in [0.3, 0.4) is 0 Å². The molecule has 23 heavy (non-hydrogen) atoms. The molecule has 3 N–H and O–H groups in total. The minimum absolute atomic E-state index is 0.0261. The van der Waals surface area contributed by atoms with Gasteiger partial charge in [0.1, 0.15) is 5.41 Å². The Morgan fingerprint density at radius 2 is 2.22 bits per heavy atom. The van der Waals surface area contributed by atoms with Crippen LogP contribution in [-0.2, 0) is 14.3 Å². The molecule has 0 aromatic rings. The van der Waals surface area contributed by atoms with E-state index in [2.05, 4.69) is 10.6 Å². The average Bonchev–Trinajstić information content (AvgIpc) is 3.14. The molecule has 2 atom stereocenters. The summed E-state index contributed by atoms with van der Waals surface area (Å²) in [6.45, 7) is 1.04. The molecular formula is C13H18N4O6. The van der Waals surface area contributed by atoms with Crippen LogP contribution in [0.2, 0.25) is 0 Å². The second kappa shape index (κ2) is 5.69. The van der Waals surface area contributed by atoms with E-state index in [1.165, 1.54) is 4.90 Å². The molecule has 10 heteroatoms. The average molecular weight is 326 g/mol. The Balaban J connectivity index is 1.51. The van der Waals surface area contributed by atoms with Crippen LogP contribution in [0, 0.1) is 11.3 Å². The van der Waals surface area contributed by atoms with Gasteiger partial charge in [-0.1, -0.05) is 0 Å². The van der Waals surface area contributed by atoms with E-state index in [1.54, 1.807) is 0 Å². The van der Waals surface area contributed by atoms with Gasteiger partial charge in [0, 0.05) is 32.1 Å². The largest absolute Gasteiger partial charge is 0.481 e. The van der Waals surface area contributed by atoms with Crippen molar-refractivity contribution < 1.29 is 29.0 Å². The first-order chi connectivity index (χ1) is 10.9. The van der Waals surface area contributed by atoms with Crippen LogP contribution in [0.1, 0.15) is 0 Å². The number of aliphatic carboxylic acids is 1. The van der Waals surface area contributed by atoms with Gasteiger partial charge in [-0.25, -0.2) is 9.59 Å². The lowest BCUT2D eigenvalue weighted by molar-refractivity contribution is -0.149. The normalized spacial score (nSPS) is 29.7. The van der Waals surface area contributed by atoms with Gasteiger partial charge in [-0.3, -0.25) is 14.5 Å². The summed E-state index contributed by atoms with van der Waals surface area (Å²) in [5.41, 5.74) is -1.03. The third kappa shape index (κ3) is 2.58. The quantitative estimate of drug-likeness (QED) is 0.527. The first-order valence-electron chi connectivity index (χ1n) is 7.36. The van der Waals surface area contributed by atoms with Crippen molar-refractivity contribution in [2.75, 3.05) is 45.9 Å². The van der Waals surface area contributed by atoms with Crippen LogP contribution in [0.25, 0.3) is 0 Å². The van der Waals surface area contributed by atoms with Gasteiger partial charge in [-0.2, -0.15) is 0 Å². The Hall–Kier alpha value is -2.36. The minimum atomic E-state index is -1.03. The zero-order valence-corrected chi connectivity index (χ0v) is 12.4. The van der Waals surface area contributed by atoms with E-state index in [0.717, 1.165) is 4.90 Å². The fourth-order valence-corrected chi connectivity index (χ4v) is 3.26. The van der Waals surface area contributed by atoms with Gasteiger partial charge in [-0.05, 0) is 0 Å². The van der Waals surface area contributed by atoms with Gasteiger partial charge in [0.2, 0.25) is 5.91 Å². The second-order valence-electron chi connectivity index (χ2n) is 5.99. The van der Waals surface area contributed by atoms with Crippen molar-refractivity contribution in [3.05, 3.63) is 0 Å². The van der Waals surface area contributed by atoms with E-state index in [0.29, 0.717) is 13.2 Å².